The maximum atomic E-state index is 12.0. The van der Waals surface area contributed by atoms with Crippen molar-refractivity contribution < 1.29 is 9.53 Å². The number of carbonyl (C=O) groups excluding carboxylic acids is 1. The molecule has 2 aromatic carbocycles. The summed E-state index contributed by atoms with van der Waals surface area (Å²) in [6.07, 6.45) is 1.94. The van der Waals surface area contributed by atoms with E-state index in [2.05, 4.69) is 18.3 Å². The summed E-state index contributed by atoms with van der Waals surface area (Å²) in [4.78, 5) is 12.0. The summed E-state index contributed by atoms with van der Waals surface area (Å²) < 4.78 is 5.75. The number of benzene rings is 2. The second-order valence-corrected chi connectivity index (χ2v) is 6.34. The van der Waals surface area contributed by atoms with E-state index in [0.29, 0.717) is 19.4 Å². The number of aryl methyl sites for hydroxylation is 3. The van der Waals surface area contributed by atoms with Gasteiger partial charge in [-0.05, 0) is 62.1 Å². The maximum Gasteiger partial charge on any atom is 0.224 e. The van der Waals surface area contributed by atoms with Gasteiger partial charge in [0, 0.05) is 17.1 Å². The lowest BCUT2D eigenvalue weighted by Gasteiger charge is -2.10. The number of hydrogen-bond donors (Lipinski definition) is 1. The molecule has 0 fully saturated rings. The number of rotatable bonds is 7. The summed E-state index contributed by atoms with van der Waals surface area (Å²) in [5.41, 5.74) is 4.16. The average molecular weight is 346 g/mol. The minimum absolute atomic E-state index is 0.0106. The lowest BCUT2D eigenvalue weighted by molar-refractivity contribution is -0.116. The second kappa shape index (κ2) is 8.74. The number of carbonyl (C=O) groups is 1. The summed E-state index contributed by atoms with van der Waals surface area (Å²) in [5.74, 6) is 0.870. The normalized spacial score (nSPS) is 10.5. The van der Waals surface area contributed by atoms with E-state index in [4.69, 9.17) is 16.3 Å². The molecule has 2 rings (SSSR count). The molecule has 1 amide bonds. The van der Waals surface area contributed by atoms with Crippen molar-refractivity contribution >= 4 is 23.2 Å². The van der Waals surface area contributed by atoms with Crippen LogP contribution in [0.15, 0.2) is 36.4 Å². The first kappa shape index (κ1) is 18.3. The summed E-state index contributed by atoms with van der Waals surface area (Å²) in [6.45, 7) is 6.65. The average Bonchev–Trinajstić information content (AvgIpc) is 2.55. The fraction of sp³-hybridized carbons (Fsp3) is 0.350. The van der Waals surface area contributed by atoms with E-state index in [-0.39, 0.29) is 5.91 Å². The molecular weight excluding hydrogens is 322 g/mol. The molecule has 0 aliphatic rings. The number of halogens is 1. The predicted octanol–water partition coefficient (Wildman–Crippen LogP) is 5.32. The highest BCUT2D eigenvalue weighted by molar-refractivity contribution is 6.31. The Morgan fingerprint density at radius 2 is 1.96 bits per heavy atom. The van der Waals surface area contributed by atoms with E-state index in [1.165, 1.54) is 5.56 Å². The molecule has 2 aromatic rings. The predicted molar refractivity (Wildman–Crippen MR) is 100 cm³/mol. The Bertz CT molecular complexity index is 713. The lowest BCUT2D eigenvalue weighted by atomic mass is 10.1. The van der Waals surface area contributed by atoms with Crippen LogP contribution >= 0.6 is 11.6 Å². The van der Waals surface area contributed by atoms with Crippen molar-refractivity contribution in [2.24, 2.45) is 0 Å². The number of ether oxygens (including phenoxy) is 1. The standard InChI is InChI=1S/C20H24ClNO2/c1-4-16-13-17(8-9-18(16)21)22-20(23)6-5-11-24-19-10-7-14(2)12-15(19)3/h7-10,12-13H,4-6,11H2,1-3H3,(H,22,23). The van der Waals surface area contributed by atoms with Gasteiger partial charge in [0.25, 0.3) is 0 Å². The van der Waals surface area contributed by atoms with Crippen molar-refractivity contribution in [3.63, 3.8) is 0 Å². The first-order valence-electron chi connectivity index (χ1n) is 8.28. The molecule has 0 aliphatic heterocycles. The lowest BCUT2D eigenvalue weighted by Crippen LogP contribution is -2.13. The van der Waals surface area contributed by atoms with Crippen LogP contribution in [0, 0.1) is 13.8 Å². The van der Waals surface area contributed by atoms with Gasteiger partial charge in [-0.1, -0.05) is 36.2 Å². The van der Waals surface area contributed by atoms with E-state index >= 15 is 0 Å². The van der Waals surface area contributed by atoms with Crippen LogP contribution in [-0.4, -0.2) is 12.5 Å². The summed E-state index contributed by atoms with van der Waals surface area (Å²) in [7, 11) is 0. The fourth-order valence-electron chi connectivity index (χ4n) is 2.52. The van der Waals surface area contributed by atoms with E-state index in [0.717, 1.165) is 34.0 Å². The molecule has 0 unspecified atom stereocenters. The van der Waals surface area contributed by atoms with Gasteiger partial charge < -0.3 is 10.1 Å². The molecule has 0 saturated heterocycles. The van der Waals surface area contributed by atoms with Gasteiger partial charge in [0.2, 0.25) is 5.91 Å². The highest BCUT2D eigenvalue weighted by atomic mass is 35.5. The SMILES string of the molecule is CCc1cc(NC(=O)CCCOc2ccc(C)cc2C)ccc1Cl. The molecule has 0 aliphatic carbocycles. The van der Waals surface area contributed by atoms with Gasteiger partial charge in [0.15, 0.2) is 0 Å². The Balaban J connectivity index is 1.77. The van der Waals surface area contributed by atoms with Gasteiger partial charge in [-0.2, -0.15) is 0 Å². The summed E-state index contributed by atoms with van der Waals surface area (Å²) in [6, 6.07) is 11.7. The van der Waals surface area contributed by atoms with Crippen LogP contribution in [0.4, 0.5) is 5.69 Å². The Morgan fingerprint density at radius 3 is 2.67 bits per heavy atom. The zero-order chi connectivity index (χ0) is 17.5. The minimum atomic E-state index is -0.0106. The Hall–Kier alpha value is -2.00. The molecule has 0 spiro atoms. The zero-order valence-corrected chi connectivity index (χ0v) is 15.2. The molecule has 0 heterocycles. The van der Waals surface area contributed by atoms with E-state index in [1.807, 2.05) is 44.2 Å². The third-order valence-electron chi connectivity index (χ3n) is 3.85. The maximum absolute atomic E-state index is 12.0. The van der Waals surface area contributed by atoms with Crippen molar-refractivity contribution in [3.8, 4) is 5.75 Å². The third-order valence-corrected chi connectivity index (χ3v) is 4.22. The number of anilines is 1. The van der Waals surface area contributed by atoms with E-state index < -0.39 is 0 Å². The van der Waals surface area contributed by atoms with Crippen LogP contribution in [-0.2, 0) is 11.2 Å². The molecule has 24 heavy (non-hydrogen) atoms. The fourth-order valence-corrected chi connectivity index (χ4v) is 2.77. The van der Waals surface area contributed by atoms with E-state index in [9.17, 15) is 4.79 Å². The van der Waals surface area contributed by atoms with Gasteiger partial charge in [0.1, 0.15) is 5.75 Å². The van der Waals surface area contributed by atoms with Gasteiger partial charge >= 0.3 is 0 Å². The Morgan fingerprint density at radius 1 is 1.17 bits per heavy atom. The van der Waals surface area contributed by atoms with Crippen molar-refractivity contribution in [1.29, 1.82) is 0 Å². The molecule has 3 nitrogen and oxygen atoms in total. The molecule has 4 heteroatoms. The molecule has 0 atom stereocenters. The van der Waals surface area contributed by atoms with Gasteiger partial charge in [0.05, 0.1) is 6.61 Å². The highest BCUT2D eigenvalue weighted by Crippen LogP contribution is 2.21. The van der Waals surface area contributed by atoms with Crippen LogP contribution in [0.1, 0.15) is 36.5 Å². The van der Waals surface area contributed by atoms with Crippen molar-refractivity contribution in [2.75, 3.05) is 11.9 Å². The van der Waals surface area contributed by atoms with E-state index in [1.54, 1.807) is 0 Å². The first-order chi connectivity index (χ1) is 11.5. The largest absolute Gasteiger partial charge is 0.493 e. The molecule has 1 N–H and O–H groups in total. The highest BCUT2D eigenvalue weighted by Gasteiger charge is 2.06. The number of nitrogens with one attached hydrogen (secondary N) is 1. The Labute approximate surface area is 149 Å². The molecule has 0 bridgehead atoms. The van der Waals surface area contributed by atoms with Crippen molar-refractivity contribution in [3.05, 3.63) is 58.1 Å². The number of amides is 1. The monoisotopic (exact) mass is 345 g/mol. The third kappa shape index (κ3) is 5.27. The smallest absolute Gasteiger partial charge is 0.224 e. The van der Waals surface area contributed by atoms with Crippen LogP contribution in [0.5, 0.6) is 5.75 Å². The Kier molecular flexibility index (Phi) is 6.68. The second-order valence-electron chi connectivity index (χ2n) is 5.93. The van der Waals surface area contributed by atoms with Crippen molar-refractivity contribution in [1.82, 2.24) is 0 Å². The molecule has 128 valence electrons. The minimum Gasteiger partial charge on any atom is -0.493 e. The summed E-state index contributed by atoms with van der Waals surface area (Å²) >= 11 is 6.09. The molecular formula is C20H24ClNO2. The quantitative estimate of drug-likeness (QED) is 0.690. The number of hydrogen-bond acceptors (Lipinski definition) is 2. The van der Waals surface area contributed by atoms with Crippen LogP contribution in [0.2, 0.25) is 5.02 Å². The van der Waals surface area contributed by atoms with Crippen LogP contribution in [0.3, 0.4) is 0 Å². The van der Waals surface area contributed by atoms with Crippen LogP contribution < -0.4 is 10.1 Å². The first-order valence-corrected chi connectivity index (χ1v) is 8.65. The van der Waals surface area contributed by atoms with Gasteiger partial charge in [-0.15, -0.1) is 0 Å². The van der Waals surface area contributed by atoms with Gasteiger partial charge in [-0.3, -0.25) is 4.79 Å². The van der Waals surface area contributed by atoms with Crippen molar-refractivity contribution in [2.45, 2.75) is 40.0 Å². The molecule has 0 radical (unpaired) electrons. The topological polar surface area (TPSA) is 38.3 Å². The van der Waals surface area contributed by atoms with Crippen LogP contribution in [0.25, 0.3) is 0 Å². The molecule has 0 aromatic heterocycles. The molecule has 0 saturated carbocycles. The zero-order valence-electron chi connectivity index (χ0n) is 14.5. The summed E-state index contributed by atoms with van der Waals surface area (Å²) in [5, 5.41) is 3.64. The van der Waals surface area contributed by atoms with Gasteiger partial charge in [-0.25, -0.2) is 0 Å².